The third kappa shape index (κ3) is 6.38. The second-order valence-corrected chi connectivity index (χ2v) is 3.37. The summed E-state index contributed by atoms with van der Waals surface area (Å²) in [5, 5.41) is 0. The topological polar surface area (TPSA) is 26.3 Å². The zero-order valence-electron chi connectivity index (χ0n) is 9.25. The Bertz CT molecular complexity index is 419. The average Bonchev–Trinajstić information content (AvgIpc) is 2.38. The van der Waals surface area contributed by atoms with Crippen molar-refractivity contribution in [3.05, 3.63) is 67.0 Å². The zero-order chi connectivity index (χ0) is 12.3. The van der Waals surface area contributed by atoms with E-state index in [4.69, 9.17) is 16.3 Å². The number of allylic oxidation sites excluding steroid dienone is 5. The van der Waals surface area contributed by atoms with Crippen LogP contribution < -0.4 is 4.74 Å². The Labute approximate surface area is 106 Å². The molecule has 0 unspecified atom stereocenters. The van der Waals surface area contributed by atoms with Crippen molar-refractivity contribution in [1.82, 2.24) is 0 Å². The van der Waals surface area contributed by atoms with E-state index in [0.717, 1.165) is 5.75 Å². The van der Waals surface area contributed by atoms with Gasteiger partial charge in [0, 0.05) is 0 Å². The van der Waals surface area contributed by atoms with Crippen molar-refractivity contribution in [3.8, 4) is 5.75 Å². The standard InChI is InChI=1S/C14H13ClO2/c15-12-13(16)8-4-1-2-7-11-17-14-9-5-3-6-10-14/h1-11H,12H2. The van der Waals surface area contributed by atoms with Crippen LogP contribution in [0.2, 0.25) is 0 Å². The van der Waals surface area contributed by atoms with Gasteiger partial charge in [0.2, 0.25) is 0 Å². The molecule has 0 spiro atoms. The molecule has 1 aromatic carbocycles. The Kier molecular flexibility index (Phi) is 6.53. The number of hydrogen-bond donors (Lipinski definition) is 0. The van der Waals surface area contributed by atoms with Crippen molar-refractivity contribution in [2.75, 3.05) is 5.88 Å². The number of ketones is 1. The van der Waals surface area contributed by atoms with Crippen LogP contribution in [0.4, 0.5) is 0 Å². The fourth-order valence-electron chi connectivity index (χ4n) is 0.998. The summed E-state index contributed by atoms with van der Waals surface area (Å²) in [6, 6.07) is 9.47. The molecule has 0 N–H and O–H groups in total. The minimum Gasteiger partial charge on any atom is -0.465 e. The highest BCUT2D eigenvalue weighted by atomic mass is 35.5. The quantitative estimate of drug-likeness (QED) is 0.333. The lowest BCUT2D eigenvalue weighted by atomic mass is 10.3. The van der Waals surface area contributed by atoms with Crippen LogP contribution in [0.3, 0.4) is 0 Å². The number of halogens is 1. The number of ether oxygens (including phenoxy) is 1. The van der Waals surface area contributed by atoms with Crippen molar-refractivity contribution in [3.63, 3.8) is 0 Å². The molecular weight excluding hydrogens is 236 g/mol. The van der Waals surface area contributed by atoms with Gasteiger partial charge in [-0.05, 0) is 24.3 Å². The summed E-state index contributed by atoms with van der Waals surface area (Å²) in [5.41, 5.74) is 0. The molecule has 0 heterocycles. The highest BCUT2D eigenvalue weighted by Crippen LogP contribution is 2.08. The summed E-state index contributed by atoms with van der Waals surface area (Å²) in [6.07, 6.45) is 9.87. The van der Waals surface area contributed by atoms with E-state index in [1.165, 1.54) is 6.08 Å². The number of alkyl halides is 1. The normalized spacial score (nSPS) is 11.6. The first-order chi connectivity index (χ1) is 8.33. The van der Waals surface area contributed by atoms with Crippen LogP contribution in [-0.4, -0.2) is 11.7 Å². The molecule has 1 rings (SSSR count). The summed E-state index contributed by atoms with van der Waals surface area (Å²) in [7, 11) is 0. The highest BCUT2D eigenvalue weighted by Gasteiger charge is 1.87. The van der Waals surface area contributed by atoms with Crippen molar-refractivity contribution in [1.29, 1.82) is 0 Å². The Morgan fingerprint density at radius 2 is 1.82 bits per heavy atom. The van der Waals surface area contributed by atoms with Crippen LogP contribution in [-0.2, 0) is 4.79 Å². The Morgan fingerprint density at radius 1 is 1.12 bits per heavy atom. The van der Waals surface area contributed by atoms with Gasteiger partial charge >= 0.3 is 0 Å². The van der Waals surface area contributed by atoms with Gasteiger partial charge in [0.1, 0.15) is 5.75 Å². The molecular formula is C14H13ClO2. The molecule has 0 saturated heterocycles. The van der Waals surface area contributed by atoms with Gasteiger partial charge < -0.3 is 4.74 Å². The van der Waals surface area contributed by atoms with Crippen molar-refractivity contribution in [2.45, 2.75) is 0 Å². The van der Waals surface area contributed by atoms with Gasteiger partial charge in [0.05, 0.1) is 12.1 Å². The molecule has 17 heavy (non-hydrogen) atoms. The van der Waals surface area contributed by atoms with E-state index in [1.54, 1.807) is 30.6 Å². The summed E-state index contributed by atoms with van der Waals surface area (Å²) < 4.78 is 5.31. The molecule has 88 valence electrons. The summed E-state index contributed by atoms with van der Waals surface area (Å²) in [4.78, 5) is 10.8. The van der Waals surface area contributed by atoms with Gasteiger partial charge in [-0.2, -0.15) is 0 Å². The van der Waals surface area contributed by atoms with E-state index in [-0.39, 0.29) is 11.7 Å². The summed E-state index contributed by atoms with van der Waals surface area (Å²) >= 11 is 5.32. The van der Waals surface area contributed by atoms with Gasteiger partial charge in [0.15, 0.2) is 5.78 Å². The lowest BCUT2D eigenvalue weighted by Crippen LogP contribution is -1.90. The van der Waals surface area contributed by atoms with E-state index < -0.39 is 0 Å². The van der Waals surface area contributed by atoms with E-state index >= 15 is 0 Å². The maximum Gasteiger partial charge on any atom is 0.170 e. The Balaban J connectivity index is 2.29. The van der Waals surface area contributed by atoms with Gasteiger partial charge in [-0.3, -0.25) is 4.79 Å². The number of carbonyl (C=O) groups is 1. The largest absolute Gasteiger partial charge is 0.465 e. The first-order valence-electron chi connectivity index (χ1n) is 5.13. The minimum atomic E-state index is -0.110. The molecule has 0 saturated carbocycles. The first-order valence-corrected chi connectivity index (χ1v) is 5.67. The fraction of sp³-hybridized carbons (Fsp3) is 0.0714. The van der Waals surface area contributed by atoms with E-state index in [9.17, 15) is 4.79 Å². The number of para-hydroxylation sites is 1. The number of benzene rings is 1. The lowest BCUT2D eigenvalue weighted by molar-refractivity contribution is -0.112. The Morgan fingerprint density at radius 3 is 2.53 bits per heavy atom. The van der Waals surface area contributed by atoms with Crippen molar-refractivity contribution < 1.29 is 9.53 Å². The molecule has 0 radical (unpaired) electrons. The third-order valence-electron chi connectivity index (χ3n) is 1.77. The first kappa shape index (κ1) is 13.3. The second kappa shape index (κ2) is 8.36. The highest BCUT2D eigenvalue weighted by molar-refractivity contribution is 6.29. The van der Waals surface area contributed by atoms with Crippen LogP contribution in [0.25, 0.3) is 0 Å². The zero-order valence-corrected chi connectivity index (χ0v) is 10.0. The molecule has 2 nitrogen and oxygen atoms in total. The van der Waals surface area contributed by atoms with Gasteiger partial charge in [-0.15, -0.1) is 11.6 Å². The number of hydrogen-bond acceptors (Lipinski definition) is 2. The van der Waals surface area contributed by atoms with Crippen LogP contribution in [0.15, 0.2) is 67.0 Å². The van der Waals surface area contributed by atoms with E-state index in [1.807, 2.05) is 30.3 Å². The molecule has 1 aromatic rings. The van der Waals surface area contributed by atoms with Gasteiger partial charge in [-0.25, -0.2) is 0 Å². The number of carbonyl (C=O) groups excluding carboxylic acids is 1. The maximum atomic E-state index is 10.8. The molecule has 0 fully saturated rings. The Hall–Kier alpha value is -1.80. The monoisotopic (exact) mass is 248 g/mol. The molecule has 0 aliphatic carbocycles. The molecule has 0 atom stereocenters. The van der Waals surface area contributed by atoms with Gasteiger partial charge in [0.25, 0.3) is 0 Å². The predicted molar refractivity (Wildman–Crippen MR) is 70.2 cm³/mol. The van der Waals surface area contributed by atoms with Crippen molar-refractivity contribution in [2.24, 2.45) is 0 Å². The van der Waals surface area contributed by atoms with Crippen LogP contribution in [0.1, 0.15) is 0 Å². The smallest absolute Gasteiger partial charge is 0.170 e. The SMILES string of the molecule is O=C(C=CC=CC=COc1ccccc1)CCl. The maximum absolute atomic E-state index is 10.8. The summed E-state index contributed by atoms with van der Waals surface area (Å²) in [6.45, 7) is 0. The lowest BCUT2D eigenvalue weighted by Gasteiger charge is -1.96. The second-order valence-electron chi connectivity index (χ2n) is 3.10. The van der Waals surface area contributed by atoms with Crippen LogP contribution in [0.5, 0.6) is 5.75 Å². The molecule has 0 bridgehead atoms. The number of rotatable bonds is 6. The van der Waals surface area contributed by atoms with E-state index in [2.05, 4.69) is 0 Å². The molecule has 3 heteroatoms. The van der Waals surface area contributed by atoms with E-state index in [0.29, 0.717) is 0 Å². The third-order valence-corrected chi connectivity index (χ3v) is 2.04. The molecule has 0 aromatic heterocycles. The van der Waals surface area contributed by atoms with Crippen LogP contribution in [0, 0.1) is 0 Å². The van der Waals surface area contributed by atoms with Crippen molar-refractivity contribution >= 4 is 17.4 Å². The molecule has 0 aliphatic rings. The predicted octanol–water partition coefficient (Wildman–Crippen LogP) is 3.50. The van der Waals surface area contributed by atoms with Gasteiger partial charge in [-0.1, -0.05) is 36.4 Å². The summed E-state index contributed by atoms with van der Waals surface area (Å²) in [5.74, 6) is 0.683. The van der Waals surface area contributed by atoms with Crippen LogP contribution >= 0.6 is 11.6 Å². The minimum absolute atomic E-state index is 0.0112. The molecule has 0 amide bonds. The molecule has 0 aliphatic heterocycles. The fourth-order valence-corrected chi connectivity index (χ4v) is 1.09. The average molecular weight is 249 g/mol.